The van der Waals surface area contributed by atoms with Crippen LogP contribution in [-0.2, 0) is 57.4 Å². The van der Waals surface area contributed by atoms with Gasteiger partial charge >= 0.3 is 11.9 Å². The van der Waals surface area contributed by atoms with Gasteiger partial charge in [-0.2, -0.15) is 0 Å². The van der Waals surface area contributed by atoms with Crippen LogP contribution in [0.5, 0.6) is 0 Å². The Morgan fingerprint density at radius 1 is 0.382 bits per heavy atom. The molecule has 0 bridgehead atoms. The summed E-state index contributed by atoms with van der Waals surface area (Å²) in [6, 6.07) is -10.4. The molecular weight excluding hydrogens is 977 g/mol. The van der Waals surface area contributed by atoms with E-state index in [9.17, 15) is 47.9 Å². The van der Waals surface area contributed by atoms with E-state index < -0.39 is 120 Å². The van der Waals surface area contributed by atoms with Gasteiger partial charge in [-0.3, -0.25) is 47.9 Å². The molecule has 0 aliphatic carbocycles. The molecule has 9 atom stereocenters. The van der Waals surface area contributed by atoms with Crippen molar-refractivity contribution in [2.45, 2.75) is 253 Å². The summed E-state index contributed by atoms with van der Waals surface area (Å²) in [6.07, 6.45) is 11.3. The Hall–Kier alpha value is -5.30. The number of methoxy groups -OCH3 is 2. The third-order valence-corrected chi connectivity index (χ3v) is 13.6. The Kier molecular flexibility index (Phi) is 33.9. The lowest BCUT2D eigenvalue weighted by molar-refractivity contribution is -0.144. The molecule has 9 unspecified atom stereocenters. The van der Waals surface area contributed by atoms with Crippen molar-refractivity contribution in [3.8, 4) is 0 Å². The summed E-state index contributed by atoms with van der Waals surface area (Å²) in [5, 5.41) is 22.0. The van der Waals surface area contributed by atoms with E-state index in [4.69, 9.17) is 9.47 Å². The Bertz CT molecular complexity index is 1840. The van der Waals surface area contributed by atoms with Crippen molar-refractivity contribution in [1.82, 2.24) is 42.5 Å². The van der Waals surface area contributed by atoms with Crippen molar-refractivity contribution < 1.29 is 57.4 Å². The normalized spacial score (nSPS) is 23.6. The number of unbranched alkanes of at least 4 members (excludes halogenated alkanes) is 10. The molecule has 1 saturated heterocycles. The van der Waals surface area contributed by atoms with Gasteiger partial charge in [0.05, 0.1) is 20.6 Å². The highest BCUT2D eigenvalue weighted by Crippen LogP contribution is 2.18. The van der Waals surface area contributed by atoms with Crippen LogP contribution >= 0.6 is 0 Å². The van der Waals surface area contributed by atoms with Crippen LogP contribution in [0.15, 0.2) is 0 Å². The SMILES string of the molecule is CCCCCCCCCCCCCC1NC(=O)C(C(C)CC)NC(=O)C(CC(C)C)NC(=O)C(CC(=O)OC)NC(=O)C(CC(C)C)NC(=O)C(CC(C)C)NC(=O)C(CC(C)C)NC(=O)C(CCC(=O)OC)NC1=O. The maximum absolute atomic E-state index is 14.6. The van der Waals surface area contributed by atoms with Gasteiger partial charge in [0.2, 0.25) is 47.3 Å². The van der Waals surface area contributed by atoms with Gasteiger partial charge < -0.3 is 52.0 Å². The number of hydrogen-bond donors (Lipinski definition) is 8. The molecule has 8 amide bonds. The first-order chi connectivity index (χ1) is 35.9. The number of ether oxygens (including phenoxy) is 2. The molecule has 1 fully saturated rings. The van der Waals surface area contributed by atoms with Crippen molar-refractivity contribution in [2.24, 2.45) is 29.6 Å². The average molecular weight is 1080 g/mol. The molecule has 436 valence electrons. The molecule has 76 heavy (non-hydrogen) atoms. The second-order valence-electron chi connectivity index (χ2n) is 22.5. The summed E-state index contributed by atoms with van der Waals surface area (Å²) >= 11 is 0. The summed E-state index contributed by atoms with van der Waals surface area (Å²) in [5.74, 6) is -8.78. The highest BCUT2D eigenvalue weighted by Gasteiger charge is 2.38. The molecule has 0 aromatic rings. The monoisotopic (exact) mass is 1080 g/mol. The lowest BCUT2D eigenvalue weighted by atomic mass is 9.95. The van der Waals surface area contributed by atoms with Gasteiger partial charge in [-0.1, -0.05) is 153 Å². The van der Waals surface area contributed by atoms with Gasteiger partial charge in [0.1, 0.15) is 48.3 Å². The van der Waals surface area contributed by atoms with Crippen LogP contribution in [0.1, 0.15) is 205 Å². The number of carbonyl (C=O) groups is 10. The number of carbonyl (C=O) groups excluding carboxylic acids is 10. The minimum absolute atomic E-state index is 0.0782. The van der Waals surface area contributed by atoms with Crippen LogP contribution < -0.4 is 42.5 Å². The number of rotatable bonds is 27. The van der Waals surface area contributed by atoms with Crippen LogP contribution in [0.3, 0.4) is 0 Å². The van der Waals surface area contributed by atoms with Gasteiger partial charge in [-0.05, 0) is 68.1 Å². The molecule has 1 aliphatic rings. The molecular formula is C56H100N8O12. The zero-order valence-electron chi connectivity index (χ0n) is 48.5. The van der Waals surface area contributed by atoms with Gasteiger partial charge in [0.25, 0.3) is 0 Å². The van der Waals surface area contributed by atoms with Crippen LogP contribution in [0, 0.1) is 29.6 Å². The standard InChI is InChI=1S/C56H100N8O12/c1-14-16-17-18-19-20-21-22-23-24-25-26-39-49(67)57-40(27-28-46(65)75-12)50(68)59-41(29-34(3)4)51(69)60-42(30-35(5)6)52(70)61-43(31-36(7)8)53(71)63-45(33-47(66)76-13)54(72)62-44(32-37(9)10)55(73)64-48(38(11)15-2)56(74)58-39/h34-45,48H,14-33H2,1-13H3,(H,57,67)(H,58,74)(H,59,68)(H,60,69)(H,61,70)(H,62,72)(H,63,71)(H,64,73). The number of esters is 2. The van der Waals surface area contributed by atoms with E-state index >= 15 is 0 Å². The summed E-state index contributed by atoms with van der Waals surface area (Å²) in [5.41, 5.74) is 0. The van der Waals surface area contributed by atoms with Crippen LogP contribution in [0.2, 0.25) is 0 Å². The molecule has 20 heteroatoms. The van der Waals surface area contributed by atoms with Crippen LogP contribution in [0.25, 0.3) is 0 Å². The maximum atomic E-state index is 14.6. The quantitative estimate of drug-likeness (QED) is 0.0383. The highest BCUT2D eigenvalue weighted by atomic mass is 16.5. The third-order valence-electron chi connectivity index (χ3n) is 13.6. The lowest BCUT2D eigenvalue weighted by Gasteiger charge is -2.31. The van der Waals surface area contributed by atoms with Gasteiger partial charge in [-0.15, -0.1) is 0 Å². The van der Waals surface area contributed by atoms with Crippen molar-refractivity contribution in [3.63, 3.8) is 0 Å². The average Bonchev–Trinajstić information content (AvgIpc) is 3.35. The van der Waals surface area contributed by atoms with Crippen LogP contribution in [0.4, 0.5) is 0 Å². The molecule has 0 spiro atoms. The topological polar surface area (TPSA) is 285 Å². The fraction of sp³-hybridized carbons (Fsp3) is 0.821. The van der Waals surface area contributed by atoms with E-state index in [1.807, 2.05) is 62.3 Å². The molecule has 20 nitrogen and oxygen atoms in total. The smallest absolute Gasteiger partial charge is 0.308 e. The van der Waals surface area contributed by atoms with Gasteiger partial charge in [0, 0.05) is 6.42 Å². The lowest BCUT2D eigenvalue weighted by Crippen LogP contribution is -2.62. The van der Waals surface area contributed by atoms with Crippen molar-refractivity contribution >= 4 is 59.2 Å². The summed E-state index contributed by atoms with van der Waals surface area (Å²) in [7, 11) is 2.31. The van der Waals surface area contributed by atoms with E-state index in [2.05, 4.69) is 49.5 Å². The second kappa shape index (κ2) is 37.5. The first kappa shape index (κ1) is 68.7. The number of amides is 8. The number of hydrogen-bond acceptors (Lipinski definition) is 12. The molecule has 1 rings (SSSR count). The predicted molar refractivity (Wildman–Crippen MR) is 292 cm³/mol. The maximum Gasteiger partial charge on any atom is 0.308 e. The summed E-state index contributed by atoms with van der Waals surface area (Å²) in [4.78, 5) is 140. The Morgan fingerprint density at radius 3 is 1.05 bits per heavy atom. The predicted octanol–water partition coefficient (Wildman–Crippen LogP) is 5.33. The van der Waals surface area contributed by atoms with E-state index in [1.54, 1.807) is 6.92 Å². The van der Waals surface area contributed by atoms with E-state index in [0.29, 0.717) is 12.8 Å². The van der Waals surface area contributed by atoms with Crippen LogP contribution in [-0.4, -0.2) is 122 Å². The van der Waals surface area contributed by atoms with E-state index in [0.717, 1.165) is 39.2 Å². The summed E-state index contributed by atoms with van der Waals surface area (Å²) < 4.78 is 9.76. The third kappa shape index (κ3) is 27.7. The Labute approximate surface area is 454 Å². The molecule has 0 aromatic heterocycles. The zero-order valence-corrected chi connectivity index (χ0v) is 48.5. The van der Waals surface area contributed by atoms with E-state index in [-0.39, 0.29) is 68.6 Å². The molecule has 0 saturated carbocycles. The fourth-order valence-electron chi connectivity index (χ4n) is 9.04. The molecule has 8 N–H and O–H groups in total. The van der Waals surface area contributed by atoms with Crippen molar-refractivity contribution in [2.75, 3.05) is 14.2 Å². The van der Waals surface area contributed by atoms with Crippen molar-refractivity contribution in [1.29, 1.82) is 0 Å². The highest BCUT2D eigenvalue weighted by molar-refractivity contribution is 5.99. The number of nitrogens with one attached hydrogen (secondary N) is 8. The second-order valence-corrected chi connectivity index (χ2v) is 22.5. The Balaban J connectivity index is 4.05. The molecule has 0 radical (unpaired) electrons. The molecule has 1 heterocycles. The minimum atomic E-state index is -1.58. The summed E-state index contributed by atoms with van der Waals surface area (Å²) in [6.45, 7) is 20.4. The first-order valence-corrected chi connectivity index (χ1v) is 28.4. The minimum Gasteiger partial charge on any atom is -0.469 e. The van der Waals surface area contributed by atoms with Gasteiger partial charge in [-0.25, -0.2) is 0 Å². The molecule has 1 aliphatic heterocycles. The largest absolute Gasteiger partial charge is 0.469 e. The Morgan fingerprint density at radius 2 is 0.684 bits per heavy atom. The van der Waals surface area contributed by atoms with Gasteiger partial charge in [0.15, 0.2) is 0 Å². The zero-order chi connectivity index (χ0) is 57.5. The fourth-order valence-corrected chi connectivity index (χ4v) is 9.04. The molecule has 0 aromatic carbocycles. The van der Waals surface area contributed by atoms with Crippen molar-refractivity contribution in [3.05, 3.63) is 0 Å². The first-order valence-electron chi connectivity index (χ1n) is 28.4. The van der Waals surface area contributed by atoms with E-state index in [1.165, 1.54) is 39.2 Å².